The molecule has 3 heterocycles. The normalized spacial score (nSPS) is 21.6. The van der Waals surface area contributed by atoms with Gasteiger partial charge in [-0.3, -0.25) is 0 Å². The first kappa shape index (κ1) is 15.6. The summed E-state index contributed by atoms with van der Waals surface area (Å²) in [4.78, 5) is 11.8. The van der Waals surface area contributed by atoms with Crippen LogP contribution in [0.2, 0.25) is 0 Å². The molecule has 1 aromatic heterocycles. The highest BCUT2D eigenvalue weighted by Gasteiger charge is 2.46. The van der Waals surface area contributed by atoms with Crippen molar-refractivity contribution in [1.82, 2.24) is 19.1 Å². The highest BCUT2D eigenvalue weighted by molar-refractivity contribution is 7.89. The van der Waals surface area contributed by atoms with Crippen molar-refractivity contribution >= 4 is 22.1 Å². The van der Waals surface area contributed by atoms with Crippen LogP contribution in [0.15, 0.2) is 53.1 Å². The summed E-state index contributed by atoms with van der Waals surface area (Å²) >= 11 is 0. The van der Waals surface area contributed by atoms with E-state index in [0.717, 1.165) is 4.31 Å². The van der Waals surface area contributed by atoms with Crippen molar-refractivity contribution in [2.75, 3.05) is 0 Å². The van der Waals surface area contributed by atoms with Gasteiger partial charge in [0.1, 0.15) is 11.5 Å². The van der Waals surface area contributed by atoms with E-state index in [4.69, 9.17) is 0 Å². The average molecular weight is 358 g/mol. The predicted octanol–water partition coefficient (Wildman–Crippen LogP) is 1.20. The van der Waals surface area contributed by atoms with Gasteiger partial charge in [0, 0.05) is 0 Å². The van der Waals surface area contributed by atoms with Crippen LogP contribution in [0.5, 0.6) is 0 Å². The molecular formula is C16H14N4O4S. The maximum atomic E-state index is 13.1. The Bertz CT molecular complexity index is 1020. The molecule has 128 valence electrons. The third kappa shape index (κ3) is 2.19. The third-order valence-electron chi connectivity index (χ3n) is 4.34. The Balaban J connectivity index is 1.88. The molecule has 0 spiro atoms. The van der Waals surface area contributed by atoms with Gasteiger partial charge in [-0.05, 0) is 31.2 Å². The zero-order valence-electron chi connectivity index (χ0n) is 13.1. The summed E-state index contributed by atoms with van der Waals surface area (Å²) in [6.07, 6.45) is 4.76. The van der Waals surface area contributed by atoms with Crippen LogP contribution in [0, 0.1) is 6.92 Å². The minimum absolute atomic E-state index is 0.0440. The number of rotatable bonds is 3. The number of sulfonamides is 1. The molecule has 0 radical (unpaired) electrons. The van der Waals surface area contributed by atoms with Gasteiger partial charge in [0.2, 0.25) is 0 Å². The fraction of sp³-hybridized carbons (Fsp3) is 0.188. The zero-order chi connectivity index (χ0) is 17.8. The lowest BCUT2D eigenvalue weighted by Gasteiger charge is -2.31. The second-order valence-corrected chi connectivity index (χ2v) is 7.60. The molecule has 0 saturated carbocycles. The van der Waals surface area contributed by atoms with E-state index in [-0.39, 0.29) is 10.6 Å². The number of aromatic nitrogens is 3. The van der Waals surface area contributed by atoms with Gasteiger partial charge in [-0.2, -0.15) is 0 Å². The Morgan fingerprint density at radius 1 is 1.16 bits per heavy atom. The third-order valence-corrected chi connectivity index (χ3v) is 6.17. The largest absolute Gasteiger partial charge is 0.477 e. The van der Waals surface area contributed by atoms with Crippen molar-refractivity contribution in [2.45, 2.75) is 23.9 Å². The number of aliphatic carboxylic acids is 1. The van der Waals surface area contributed by atoms with Gasteiger partial charge in [0.05, 0.1) is 17.0 Å². The molecule has 9 heteroatoms. The van der Waals surface area contributed by atoms with Crippen LogP contribution in [-0.2, 0) is 14.8 Å². The van der Waals surface area contributed by atoms with Crippen LogP contribution in [0.3, 0.4) is 0 Å². The monoisotopic (exact) mass is 358 g/mol. The summed E-state index contributed by atoms with van der Waals surface area (Å²) < 4.78 is 28.9. The van der Waals surface area contributed by atoms with E-state index >= 15 is 0 Å². The number of hydrogen-bond donors (Lipinski definition) is 1. The average Bonchev–Trinajstić information content (AvgIpc) is 3.16. The minimum Gasteiger partial charge on any atom is -0.477 e. The van der Waals surface area contributed by atoms with Crippen LogP contribution in [0.1, 0.15) is 17.7 Å². The molecule has 0 fully saturated rings. The van der Waals surface area contributed by atoms with Gasteiger partial charge in [-0.25, -0.2) is 17.5 Å². The number of benzene rings is 1. The van der Waals surface area contributed by atoms with E-state index in [0.29, 0.717) is 11.6 Å². The second-order valence-electron chi connectivity index (χ2n) is 5.79. The maximum absolute atomic E-state index is 13.1. The Kier molecular flexibility index (Phi) is 3.29. The van der Waals surface area contributed by atoms with E-state index in [1.54, 1.807) is 41.8 Å². The Morgan fingerprint density at radius 2 is 1.88 bits per heavy atom. The van der Waals surface area contributed by atoms with Crippen molar-refractivity contribution in [3.05, 3.63) is 59.8 Å². The first-order valence-corrected chi connectivity index (χ1v) is 8.99. The molecule has 0 amide bonds. The molecule has 2 unspecified atom stereocenters. The summed E-state index contributed by atoms with van der Waals surface area (Å²) in [6, 6.07) is 6.62. The molecule has 2 aromatic rings. The van der Waals surface area contributed by atoms with Crippen molar-refractivity contribution in [2.24, 2.45) is 0 Å². The summed E-state index contributed by atoms with van der Waals surface area (Å²) in [5.41, 5.74) is -0.274. The smallest absolute Gasteiger partial charge is 0.352 e. The molecule has 2 aliphatic rings. The first-order valence-electron chi connectivity index (χ1n) is 7.55. The molecular weight excluding hydrogens is 344 g/mol. The lowest BCUT2D eigenvalue weighted by molar-refractivity contribution is -0.133. The number of nitrogens with zero attached hydrogens (tertiary/aromatic N) is 4. The predicted molar refractivity (Wildman–Crippen MR) is 87.8 cm³/mol. The van der Waals surface area contributed by atoms with Gasteiger partial charge in [-0.1, -0.05) is 24.3 Å². The van der Waals surface area contributed by atoms with Crippen molar-refractivity contribution < 1.29 is 18.3 Å². The fourth-order valence-electron chi connectivity index (χ4n) is 3.27. The van der Waals surface area contributed by atoms with Gasteiger partial charge >= 0.3 is 5.97 Å². The Morgan fingerprint density at radius 3 is 2.56 bits per heavy atom. The van der Waals surface area contributed by atoms with E-state index in [1.807, 2.05) is 0 Å². The number of hydrogen-bond acceptors (Lipinski definition) is 5. The molecule has 1 aromatic carbocycles. The maximum Gasteiger partial charge on any atom is 0.352 e. The van der Waals surface area contributed by atoms with Crippen molar-refractivity contribution in [3.8, 4) is 0 Å². The molecule has 4 rings (SSSR count). The van der Waals surface area contributed by atoms with Crippen LogP contribution in [0.25, 0.3) is 6.08 Å². The van der Waals surface area contributed by atoms with Crippen molar-refractivity contribution in [1.29, 1.82) is 0 Å². The summed E-state index contributed by atoms with van der Waals surface area (Å²) in [7, 11) is -4.02. The topological polar surface area (TPSA) is 105 Å². The highest BCUT2D eigenvalue weighted by Crippen LogP contribution is 2.40. The summed E-state index contributed by atoms with van der Waals surface area (Å²) in [6.45, 7) is 1.75. The molecule has 2 atom stereocenters. The van der Waals surface area contributed by atoms with E-state index in [2.05, 4.69) is 10.2 Å². The van der Waals surface area contributed by atoms with Crippen LogP contribution < -0.4 is 0 Å². The summed E-state index contributed by atoms with van der Waals surface area (Å²) in [5.74, 6) is -0.137. The van der Waals surface area contributed by atoms with Crippen LogP contribution >= 0.6 is 0 Å². The van der Waals surface area contributed by atoms with E-state index in [9.17, 15) is 18.3 Å². The van der Waals surface area contributed by atoms with Crippen molar-refractivity contribution in [3.63, 3.8) is 0 Å². The Labute approximate surface area is 143 Å². The quantitative estimate of drug-likeness (QED) is 0.884. The first-order chi connectivity index (χ1) is 11.9. The zero-order valence-corrected chi connectivity index (χ0v) is 14.0. The molecule has 0 aliphatic carbocycles. The van der Waals surface area contributed by atoms with Gasteiger partial charge in [-0.15, -0.1) is 10.2 Å². The number of carbonyl (C=O) groups is 1. The SMILES string of the molecule is Cc1nnc2n1C1C=C(C(=O)O)N(S(=O)(=O)c3ccccc3)C1C=C2. The molecule has 8 nitrogen and oxygen atoms in total. The fourth-order valence-corrected chi connectivity index (χ4v) is 4.91. The lowest BCUT2D eigenvalue weighted by atomic mass is 10.1. The number of carboxylic acid groups (broad SMARTS) is 1. The Hall–Kier alpha value is -2.94. The highest BCUT2D eigenvalue weighted by atomic mass is 32.2. The molecule has 0 saturated heterocycles. The van der Waals surface area contributed by atoms with E-state index in [1.165, 1.54) is 18.2 Å². The number of fused-ring (bicyclic) bond motifs is 3. The minimum atomic E-state index is -4.02. The standard InChI is InChI=1S/C16H14N4O4S/c1-10-17-18-15-8-7-12-13(19(10)15)9-14(16(21)22)20(12)25(23,24)11-5-3-2-4-6-11/h2-9,12-13H,1H3,(H,21,22). The molecule has 0 bridgehead atoms. The second kappa shape index (κ2) is 5.28. The lowest BCUT2D eigenvalue weighted by Crippen LogP contribution is -2.41. The van der Waals surface area contributed by atoms with Gasteiger partial charge in [0.25, 0.3) is 10.0 Å². The van der Waals surface area contributed by atoms with Crippen LogP contribution in [-0.4, -0.2) is 44.6 Å². The van der Waals surface area contributed by atoms with Gasteiger partial charge < -0.3 is 9.67 Å². The number of aryl methyl sites for hydroxylation is 1. The van der Waals surface area contributed by atoms with E-state index < -0.39 is 28.1 Å². The van der Waals surface area contributed by atoms with Crippen LogP contribution in [0.4, 0.5) is 0 Å². The molecule has 25 heavy (non-hydrogen) atoms. The number of carboxylic acids is 1. The molecule has 2 aliphatic heterocycles. The summed E-state index contributed by atoms with van der Waals surface area (Å²) in [5, 5.41) is 17.6. The van der Waals surface area contributed by atoms with Gasteiger partial charge in [0.15, 0.2) is 5.82 Å². The molecule has 1 N–H and O–H groups in total.